The molecule has 0 aromatic heterocycles. The first-order valence-electron chi connectivity index (χ1n) is 9.54. The van der Waals surface area contributed by atoms with Gasteiger partial charge in [0.1, 0.15) is 5.75 Å². The number of nitrogens with one attached hydrogen (secondary N) is 1. The number of hydrogen-bond acceptors (Lipinski definition) is 6. The van der Waals surface area contributed by atoms with Crippen LogP contribution in [0.3, 0.4) is 0 Å². The maximum Gasteiger partial charge on any atom is 0.450 e. The largest absolute Gasteiger partial charge is 0.450 e. The van der Waals surface area contributed by atoms with Crippen molar-refractivity contribution in [2.45, 2.75) is 50.0 Å². The van der Waals surface area contributed by atoms with E-state index in [1.54, 1.807) is 6.92 Å². The summed E-state index contributed by atoms with van der Waals surface area (Å²) in [6, 6.07) is 3.95. The third-order valence-corrected chi connectivity index (χ3v) is 7.81. The number of amides is 1. The van der Waals surface area contributed by atoms with Crippen molar-refractivity contribution in [1.82, 2.24) is 5.32 Å². The van der Waals surface area contributed by atoms with E-state index in [0.717, 1.165) is 12.1 Å². The summed E-state index contributed by atoms with van der Waals surface area (Å²) >= 11 is 0. The van der Waals surface area contributed by atoms with Gasteiger partial charge in [0, 0.05) is 12.5 Å². The van der Waals surface area contributed by atoms with Crippen LogP contribution in [-0.4, -0.2) is 51.5 Å². The SMILES string of the molecule is CCC(C)C(=O)NCCc1ccc(OS(=O)(=O)C(F)(F)C(F)(F)C(F)(F)S(=O)(=O)CC)cc1. The highest BCUT2D eigenvalue weighted by Gasteiger charge is 2.82. The molecule has 0 aliphatic carbocycles. The van der Waals surface area contributed by atoms with Gasteiger partial charge in [0.2, 0.25) is 15.7 Å². The zero-order valence-electron chi connectivity index (χ0n) is 17.7. The van der Waals surface area contributed by atoms with Gasteiger partial charge in [-0.1, -0.05) is 32.9 Å². The van der Waals surface area contributed by atoms with Crippen molar-refractivity contribution in [3.05, 3.63) is 29.8 Å². The zero-order valence-corrected chi connectivity index (χ0v) is 19.4. The summed E-state index contributed by atoms with van der Waals surface area (Å²) in [6.45, 7) is 4.22. The van der Waals surface area contributed by atoms with E-state index in [0.29, 0.717) is 18.9 Å². The topological polar surface area (TPSA) is 107 Å². The predicted molar refractivity (Wildman–Crippen MR) is 106 cm³/mol. The molecule has 0 bridgehead atoms. The average molecular weight is 528 g/mol. The molecule has 0 aliphatic heterocycles. The number of sulfone groups is 1. The first kappa shape index (κ1) is 29.0. The molecule has 0 fully saturated rings. The summed E-state index contributed by atoms with van der Waals surface area (Å²) in [6.07, 6.45) is 0.858. The Balaban J connectivity index is 3.01. The smallest absolute Gasteiger partial charge is 0.378 e. The van der Waals surface area contributed by atoms with Gasteiger partial charge in [-0.2, -0.15) is 34.8 Å². The van der Waals surface area contributed by atoms with Crippen LogP contribution in [0.1, 0.15) is 32.8 Å². The molecule has 0 saturated carbocycles. The van der Waals surface area contributed by atoms with Gasteiger partial charge in [-0.25, -0.2) is 8.42 Å². The molecule has 0 spiro atoms. The normalized spacial score (nSPS) is 14.6. The lowest BCUT2D eigenvalue weighted by atomic mass is 10.1. The van der Waals surface area contributed by atoms with Crippen molar-refractivity contribution >= 4 is 25.9 Å². The lowest BCUT2D eigenvalue weighted by molar-refractivity contribution is -0.245. The van der Waals surface area contributed by atoms with Crippen molar-refractivity contribution in [1.29, 1.82) is 0 Å². The summed E-state index contributed by atoms with van der Waals surface area (Å²) in [7, 11) is -12.9. The molecule has 190 valence electrons. The van der Waals surface area contributed by atoms with Crippen LogP contribution in [0, 0.1) is 5.92 Å². The molecule has 0 radical (unpaired) electrons. The Kier molecular flexibility index (Phi) is 8.85. The van der Waals surface area contributed by atoms with Crippen LogP contribution in [-0.2, 0) is 31.2 Å². The summed E-state index contributed by atoms with van der Waals surface area (Å²) in [5, 5.41) is -10.3. The van der Waals surface area contributed by atoms with Gasteiger partial charge >= 0.3 is 26.5 Å². The van der Waals surface area contributed by atoms with Gasteiger partial charge in [-0.05, 0) is 30.5 Å². The number of alkyl halides is 6. The number of carbonyl (C=O) groups excluding carboxylic acids is 1. The standard InChI is InChI=1S/C18H23F6NO6S2/c1-4-12(3)15(26)25-11-10-13-6-8-14(9-7-13)31-33(29,30)18(23,24)16(19,20)17(21,22)32(27,28)5-2/h6-9,12H,4-5,10-11H2,1-3H3,(H,25,26). The molecule has 1 rings (SSSR count). The van der Waals surface area contributed by atoms with E-state index in [-0.39, 0.29) is 24.8 Å². The van der Waals surface area contributed by atoms with E-state index in [9.17, 15) is 48.0 Å². The van der Waals surface area contributed by atoms with Gasteiger partial charge in [-0.3, -0.25) is 4.79 Å². The van der Waals surface area contributed by atoms with Gasteiger partial charge in [0.15, 0.2) is 0 Å². The van der Waals surface area contributed by atoms with Crippen LogP contribution in [0.15, 0.2) is 24.3 Å². The van der Waals surface area contributed by atoms with Crippen LogP contribution in [0.25, 0.3) is 0 Å². The molecule has 1 N–H and O–H groups in total. The maximum atomic E-state index is 14.0. The quantitative estimate of drug-likeness (QED) is 0.330. The number of rotatable bonds is 12. The Labute approximate surface area is 187 Å². The van der Waals surface area contributed by atoms with Crippen molar-refractivity contribution in [3.8, 4) is 5.75 Å². The Morgan fingerprint density at radius 1 is 0.970 bits per heavy atom. The molecule has 33 heavy (non-hydrogen) atoms. The molecule has 0 heterocycles. The number of carbonyl (C=O) groups is 1. The van der Waals surface area contributed by atoms with Crippen LogP contribution in [0.2, 0.25) is 0 Å². The highest BCUT2D eigenvalue weighted by atomic mass is 32.2. The minimum absolute atomic E-state index is 0.187. The third-order valence-electron chi connectivity index (χ3n) is 4.72. The van der Waals surface area contributed by atoms with Crippen LogP contribution in [0.4, 0.5) is 26.3 Å². The summed E-state index contributed by atoms with van der Waals surface area (Å²) < 4.78 is 133. The number of hydrogen-bond donors (Lipinski definition) is 1. The Hall–Kier alpha value is -2.03. The first-order chi connectivity index (χ1) is 14.9. The lowest BCUT2D eigenvalue weighted by Crippen LogP contribution is -2.61. The maximum absolute atomic E-state index is 14.0. The third kappa shape index (κ3) is 5.73. The summed E-state index contributed by atoms with van der Waals surface area (Å²) in [5.74, 6) is -9.80. The molecule has 1 aromatic carbocycles. The number of benzene rings is 1. The van der Waals surface area contributed by atoms with Gasteiger partial charge in [0.25, 0.3) is 0 Å². The van der Waals surface area contributed by atoms with Crippen LogP contribution < -0.4 is 9.50 Å². The summed E-state index contributed by atoms with van der Waals surface area (Å²) in [4.78, 5) is 11.7. The lowest BCUT2D eigenvalue weighted by Gasteiger charge is -2.31. The van der Waals surface area contributed by atoms with Crippen LogP contribution >= 0.6 is 0 Å². The molecule has 1 atom stereocenters. The average Bonchev–Trinajstić information content (AvgIpc) is 2.73. The highest BCUT2D eigenvalue weighted by Crippen LogP contribution is 2.51. The Morgan fingerprint density at radius 3 is 1.94 bits per heavy atom. The number of halogens is 6. The molecule has 0 saturated heterocycles. The minimum Gasteiger partial charge on any atom is -0.378 e. The monoisotopic (exact) mass is 527 g/mol. The van der Waals surface area contributed by atoms with Crippen LogP contribution in [0.5, 0.6) is 5.75 Å². The fourth-order valence-electron chi connectivity index (χ4n) is 2.28. The van der Waals surface area contributed by atoms with Crippen molar-refractivity contribution in [3.63, 3.8) is 0 Å². The molecule has 7 nitrogen and oxygen atoms in total. The van der Waals surface area contributed by atoms with E-state index < -0.39 is 47.9 Å². The van der Waals surface area contributed by atoms with Gasteiger partial charge < -0.3 is 9.50 Å². The molecular formula is C18H23F6NO6S2. The molecular weight excluding hydrogens is 504 g/mol. The van der Waals surface area contributed by atoms with E-state index in [1.165, 1.54) is 12.1 Å². The van der Waals surface area contributed by atoms with E-state index in [4.69, 9.17) is 0 Å². The first-order valence-corrected chi connectivity index (χ1v) is 12.6. The zero-order chi connectivity index (χ0) is 25.9. The van der Waals surface area contributed by atoms with Crippen molar-refractivity contribution in [2.24, 2.45) is 5.92 Å². The second-order valence-electron chi connectivity index (χ2n) is 7.04. The fraction of sp³-hybridized carbons (Fsp3) is 0.611. The highest BCUT2D eigenvalue weighted by molar-refractivity contribution is 7.92. The van der Waals surface area contributed by atoms with Gasteiger partial charge in [0.05, 0.1) is 5.75 Å². The molecule has 1 aromatic rings. The molecule has 1 unspecified atom stereocenters. The van der Waals surface area contributed by atoms with E-state index in [1.807, 2.05) is 6.92 Å². The predicted octanol–water partition coefficient (Wildman–Crippen LogP) is 3.36. The molecule has 1 amide bonds. The molecule has 15 heteroatoms. The second-order valence-corrected chi connectivity index (χ2v) is 11.0. The second kappa shape index (κ2) is 10.1. The molecule has 0 aliphatic rings. The Morgan fingerprint density at radius 2 is 1.48 bits per heavy atom. The minimum atomic E-state index is -6.83. The van der Waals surface area contributed by atoms with E-state index >= 15 is 0 Å². The van der Waals surface area contributed by atoms with E-state index in [2.05, 4.69) is 9.50 Å². The Bertz CT molecular complexity index is 1040. The van der Waals surface area contributed by atoms with Crippen molar-refractivity contribution < 1.29 is 52.2 Å². The summed E-state index contributed by atoms with van der Waals surface area (Å²) in [5.41, 5.74) is 0.474. The fourth-order valence-corrected chi connectivity index (χ4v) is 4.14. The van der Waals surface area contributed by atoms with Crippen molar-refractivity contribution in [2.75, 3.05) is 12.3 Å². The van der Waals surface area contributed by atoms with Gasteiger partial charge in [-0.15, -0.1) is 0 Å².